The second kappa shape index (κ2) is 8.05. The number of hydrogen-bond acceptors (Lipinski definition) is 7. The number of hydrogen-bond donors (Lipinski definition) is 1. The van der Waals surface area contributed by atoms with Gasteiger partial charge in [-0.05, 0) is 36.8 Å². The van der Waals surface area contributed by atoms with Crippen molar-refractivity contribution in [3.05, 3.63) is 59.3 Å². The fraction of sp³-hybridized carbons (Fsp3) is 0.190. The van der Waals surface area contributed by atoms with Gasteiger partial charge in [0, 0.05) is 5.56 Å². The highest BCUT2D eigenvalue weighted by molar-refractivity contribution is 6.07. The molecule has 0 saturated heterocycles. The first-order chi connectivity index (χ1) is 13.9. The maximum Gasteiger partial charge on any atom is 0.357 e. The molecule has 0 spiro atoms. The van der Waals surface area contributed by atoms with Crippen LogP contribution in [0.1, 0.15) is 26.4 Å². The number of aromatic nitrogens is 2. The molecular formula is C21H20N2O6. The minimum absolute atomic E-state index is 0.0700. The molecule has 0 amide bonds. The van der Waals surface area contributed by atoms with Crippen molar-refractivity contribution in [3.8, 4) is 28.4 Å². The molecule has 0 unspecified atom stereocenters. The van der Waals surface area contributed by atoms with E-state index in [1.165, 1.54) is 32.1 Å². The Kier molecular flexibility index (Phi) is 5.54. The number of phenolic OH excluding ortho intramolecular Hbond substituents is 1. The van der Waals surface area contributed by atoms with Gasteiger partial charge < -0.3 is 19.3 Å². The minimum atomic E-state index is -0.789. The highest BCUT2D eigenvalue weighted by Crippen LogP contribution is 2.38. The van der Waals surface area contributed by atoms with E-state index < -0.39 is 11.9 Å². The average Bonchev–Trinajstić information content (AvgIpc) is 3.15. The van der Waals surface area contributed by atoms with Gasteiger partial charge in [-0.2, -0.15) is 5.10 Å². The van der Waals surface area contributed by atoms with Gasteiger partial charge in [-0.15, -0.1) is 0 Å². The normalized spacial score (nSPS) is 10.5. The van der Waals surface area contributed by atoms with Crippen molar-refractivity contribution >= 4 is 11.9 Å². The van der Waals surface area contributed by atoms with Gasteiger partial charge in [0.2, 0.25) is 0 Å². The molecule has 3 rings (SSSR count). The lowest BCUT2D eigenvalue weighted by Crippen LogP contribution is -2.15. The zero-order valence-electron chi connectivity index (χ0n) is 16.4. The lowest BCUT2D eigenvalue weighted by atomic mass is 10.0. The van der Waals surface area contributed by atoms with Gasteiger partial charge in [0.1, 0.15) is 22.8 Å². The molecule has 1 heterocycles. The average molecular weight is 396 g/mol. The second-order valence-electron chi connectivity index (χ2n) is 6.14. The Morgan fingerprint density at radius 3 is 2.24 bits per heavy atom. The molecule has 0 aliphatic carbocycles. The lowest BCUT2D eigenvalue weighted by molar-refractivity contribution is 0.0549. The first-order valence-corrected chi connectivity index (χ1v) is 8.66. The van der Waals surface area contributed by atoms with Crippen molar-refractivity contribution in [3.63, 3.8) is 0 Å². The molecule has 29 heavy (non-hydrogen) atoms. The van der Waals surface area contributed by atoms with Crippen molar-refractivity contribution in [2.24, 2.45) is 0 Å². The summed E-state index contributed by atoms with van der Waals surface area (Å²) in [5, 5.41) is 15.1. The second-order valence-corrected chi connectivity index (χ2v) is 6.14. The number of carbonyl (C=O) groups is 2. The third kappa shape index (κ3) is 3.52. The number of nitrogens with zero attached hydrogens (tertiary/aromatic N) is 2. The Hall–Kier alpha value is -3.81. The molecule has 1 N–H and O–H groups in total. The molecule has 1 aromatic heterocycles. The summed E-state index contributed by atoms with van der Waals surface area (Å²) in [6.07, 6.45) is 0. The van der Waals surface area contributed by atoms with Gasteiger partial charge in [-0.25, -0.2) is 14.3 Å². The van der Waals surface area contributed by atoms with E-state index in [0.717, 1.165) is 0 Å². The first-order valence-electron chi connectivity index (χ1n) is 8.66. The predicted molar refractivity (Wildman–Crippen MR) is 105 cm³/mol. The van der Waals surface area contributed by atoms with Gasteiger partial charge in [0.25, 0.3) is 0 Å². The Labute approximate surface area is 167 Å². The molecule has 150 valence electrons. The Morgan fingerprint density at radius 1 is 1.00 bits per heavy atom. The van der Waals surface area contributed by atoms with E-state index in [-0.39, 0.29) is 28.3 Å². The Morgan fingerprint density at radius 2 is 1.66 bits per heavy atom. The summed E-state index contributed by atoms with van der Waals surface area (Å²) in [6, 6.07) is 12.0. The number of aryl methyl sites for hydroxylation is 1. The summed E-state index contributed by atoms with van der Waals surface area (Å²) in [4.78, 5) is 25.2. The smallest absolute Gasteiger partial charge is 0.357 e. The van der Waals surface area contributed by atoms with Crippen molar-refractivity contribution in [2.45, 2.75) is 6.92 Å². The predicted octanol–water partition coefficient (Wildman–Crippen LogP) is 3.14. The fourth-order valence-electron chi connectivity index (χ4n) is 2.99. The molecule has 0 aliphatic rings. The number of esters is 2. The van der Waals surface area contributed by atoms with Crippen molar-refractivity contribution in [1.82, 2.24) is 9.78 Å². The minimum Gasteiger partial charge on any atom is -0.507 e. The van der Waals surface area contributed by atoms with Crippen LogP contribution in [0.5, 0.6) is 11.5 Å². The lowest BCUT2D eigenvalue weighted by Gasteiger charge is -2.10. The standard InChI is InChI=1S/C21H20N2O6/c1-12-10-14(27-2)11-15(19(12)24)17-16(20(25)28-3)18(21(26)29-4)23(22-17)13-8-6-5-7-9-13/h5-11,24H,1-4H3. The maximum absolute atomic E-state index is 12.6. The van der Waals surface area contributed by atoms with Crippen LogP contribution in [0.3, 0.4) is 0 Å². The Bertz CT molecular complexity index is 1070. The van der Waals surface area contributed by atoms with Crippen LogP contribution in [0.4, 0.5) is 0 Å². The number of phenols is 1. The van der Waals surface area contributed by atoms with E-state index in [4.69, 9.17) is 14.2 Å². The third-order valence-electron chi connectivity index (χ3n) is 4.42. The zero-order chi connectivity index (χ0) is 21.1. The summed E-state index contributed by atoms with van der Waals surface area (Å²) in [5.74, 6) is -1.19. The highest BCUT2D eigenvalue weighted by atomic mass is 16.5. The number of carbonyl (C=O) groups excluding carboxylic acids is 2. The van der Waals surface area contributed by atoms with Crippen LogP contribution in [0.25, 0.3) is 16.9 Å². The number of methoxy groups -OCH3 is 3. The van der Waals surface area contributed by atoms with Crippen LogP contribution in [0.2, 0.25) is 0 Å². The van der Waals surface area contributed by atoms with E-state index in [2.05, 4.69) is 5.10 Å². The molecule has 2 aromatic carbocycles. The van der Waals surface area contributed by atoms with Crippen molar-refractivity contribution in [1.29, 1.82) is 0 Å². The molecule has 3 aromatic rings. The highest BCUT2D eigenvalue weighted by Gasteiger charge is 2.32. The van der Waals surface area contributed by atoms with Gasteiger partial charge >= 0.3 is 11.9 Å². The van der Waals surface area contributed by atoms with Crippen molar-refractivity contribution < 1.29 is 28.9 Å². The molecule has 0 fully saturated rings. The molecule has 8 nitrogen and oxygen atoms in total. The number of rotatable bonds is 5. The van der Waals surface area contributed by atoms with Gasteiger partial charge in [0.15, 0.2) is 5.69 Å². The van der Waals surface area contributed by atoms with Gasteiger partial charge in [-0.1, -0.05) is 18.2 Å². The van der Waals surface area contributed by atoms with Gasteiger partial charge in [-0.3, -0.25) is 0 Å². The SMILES string of the molecule is COC(=O)c1c(-c2cc(OC)cc(C)c2O)nn(-c2ccccc2)c1C(=O)OC. The summed E-state index contributed by atoms with van der Waals surface area (Å²) in [5.41, 5.74) is 1.11. The molecule has 0 radical (unpaired) electrons. The third-order valence-corrected chi connectivity index (χ3v) is 4.42. The summed E-state index contributed by atoms with van der Waals surface area (Å²) in [6.45, 7) is 1.69. The van der Waals surface area contributed by atoms with E-state index >= 15 is 0 Å². The molecule has 0 atom stereocenters. The van der Waals surface area contributed by atoms with Crippen LogP contribution in [-0.2, 0) is 9.47 Å². The topological polar surface area (TPSA) is 99.9 Å². The number of ether oxygens (including phenoxy) is 3. The van der Waals surface area contributed by atoms with Gasteiger partial charge in [0.05, 0.1) is 27.0 Å². The van der Waals surface area contributed by atoms with Crippen molar-refractivity contribution in [2.75, 3.05) is 21.3 Å². The summed E-state index contributed by atoms with van der Waals surface area (Å²) >= 11 is 0. The van der Waals surface area contributed by atoms with Crippen LogP contribution < -0.4 is 4.74 Å². The van der Waals surface area contributed by atoms with E-state index in [0.29, 0.717) is 17.0 Å². The molecular weight excluding hydrogens is 376 g/mol. The molecule has 8 heteroatoms. The Balaban J connectivity index is 2.42. The molecule has 0 saturated carbocycles. The molecule has 0 aliphatic heterocycles. The van der Waals surface area contributed by atoms with Crippen LogP contribution >= 0.6 is 0 Å². The van der Waals surface area contributed by atoms with Crippen LogP contribution in [0.15, 0.2) is 42.5 Å². The number of benzene rings is 2. The maximum atomic E-state index is 12.6. The van der Waals surface area contributed by atoms with E-state index in [1.54, 1.807) is 37.3 Å². The largest absolute Gasteiger partial charge is 0.507 e. The number of aromatic hydroxyl groups is 1. The monoisotopic (exact) mass is 396 g/mol. The van der Waals surface area contributed by atoms with E-state index in [9.17, 15) is 14.7 Å². The summed E-state index contributed by atoms with van der Waals surface area (Å²) in [7, 11) is 3.89. The fourth-order valence-corrected chi connectivity index (χ4v) is 2.99. The van der Waals surface area contributed by atoms with Crippen LogP contribution in [-0.4, -0.2) is 48.2 Å². The molecule has 0 bridgehead atoms. The van der Waals surface area contributed by atoms with Crippen LogP contribution in [0, 0.1) is 6.92 Å². The zero-order valence-corrected chi connectivity index (χ0v) is 16.4. The summed E-state index contributed by atoms with van der Waals surface area (Å²) < 4.78 is 16.4. The quantitative estimate of drug-likeness (QED) is 0.661. The number of para-hydroxylation sites is 1. The first kappa shape index (κ1) is 19.9. The van der Waals surface area contributed by atoms with E-state index in [1.807, 2.05) is 6.07 Å².